The standard InChI is InChI=1S/C13H14BrNO/c1-9-6-11(7-10(2)13(9)14)15-8-12-4-3-5-16-12/h3-7,15H,8H2,1-2H3. The van der Waals surface area contributed by atoms with Crippen molar-refractivity contribution in [3.63, 3.8) is 0 Å². The van der Waals surface area contributed by atoms with Crippen molar-refractivity contribution in [1.82, 2.24) is 0 Å². The Bertz CT molecular complexity index is 454. The molecule has 16 heavy (non-hydrogen) atoms. The third-order valence-corrected chi connectivity index (χ3v) is 3.73. The van der Waals surface area contributed by atoms with E-state index in [0.717, 1.165) is 11.4 Å². The highest BCUT2D eigenvalue weighted by Crippen LogP contribution is 2.25. The Morgan fingerprint density at radius 2 is 1.94 bits per heavy atom. The van der Waals surface area contributed by atoms with Gasteiger partial charge in [0, 0.05) is 10.2 Å². The zero-order valence-electron chi connectivity index (χ0n) is 9.38. The quantitative estimate of drug-likeness (QED) is 0.908. The number of furan rings is 1. The summed E-state index contributed by atoms with van der Waals surface area (Å²) in [7, 11) is 0. The maximum atomic E-state index is 5.27. The Balaban J connectivity index is 2.10. The van der Waals surface area contributed by atoms with Gasteiger partial charge in [-0.1, -0.05) is 15.9 Å². The normalized spacial score (nSPS) is 10.4. The second-order valence-corrected chi connectivity index (χ2v) is 4.65. The van der Waals surface area contributed by atoms with E-state index in [2.05, 4.69) is 47.2 Å². The molecule has 3 heteroatoms. The number of nitrogens with one attached hydrogen (secondary N) is 1. The first-order valence-corrected chi connectivity index (χ1v) is 5.99. The molecule has 1 aromatic carbocycles. The molecule has 0 aliphatic carbocycles. The molecule has 0 aliphatic rings. The van der Waals surface area contributed by atoms with Crippen LogP contribution in [0.25, 0.3) is 0 Å². The lowest BCUT2D eigenvalue weighted by molar-refractivity contribution is 0.518. The number of rotatable bonds is 3. The fourth-order valence-electron chi connectivity index (χ4n) is 1.65. The van der Waals surface area contributed by atoms with Crippen LogP contribution in [0, 0.1) is 13.8 Å². The van der Waals surface area contributed by atoms with Gasteiger partial charge in [0.2, 0.25) is 0 Å². The highest BCUT2D eigenvalue weighted by molar-refractivity contribution is 9.10. The molecule has 0 fully saturated rings. The Labute approximate surface area is 104 Å². The van der Waals surface area contributed by atoms with Crippen LogP contribution in [0.3, 0.4) is 0 Å². The van der Waals surface area contributed by atoms with Crippen LogP contribution in [-0.2, 0) is 6.54 Å². The van der Waals surface area contributed by atoms with Crippen molar-refractivity contribution in [3.8, 4) is 0 Å². The minimum absolute atomic E-state index is 0.716. The number of anilines is 1. The number of hydrogen-bond acceptors (Lipinski definition) is 2. The van der Waals surface area contributed by atoms with Crippen molar-refractivity contribution in [2.45, 2.75) is 20.4 Å². The fraction of sp³-hybridized carbons (Fsp3) is 0.231. The van der Waals surface area contributed by atoms with Gasteiger partial charge in [0.05, 0.1) is 12.8 Å². The van der Waals surface area contributed by atoms with Gasteiger partial charge in [0.15, 0.2) is 0 Å². The minimum atomic E-state index is 0.716. The molecule has 2 nitrogen and oxygen atoms in total. The maximum absolute atomic E-state index is 5.27. The second-order valence-electron chi connectivity index (χ2n) is 3.86. The number of aryl methyl sites for hydroxylation is 2. The summed E-state index contributed by atoms with van der Waals surface area (Å²) in [5, 5.41) is 3.34. The number of halogens is 1. The van der Waals surface area contributed by atoms with E-state index in [4.69, 9.17) is 4.42 Å². The Morgan fingerprint density at radius 3 is 2.50 bits per heavy atom. The van der Waals surface area contributed by atoms with Crippen LogP contribution in [0.5, 0.6) is 0 Å². The van der Waals surface area contributed by atoms with Crippen LogP contribution < -0.4 is 5.32 Å². The molecule has 2 aromatic rings. The van der Waals surface area contributed by atoms with Crippen molar-refractivity contribution in [2.24, 2.45) is 0 Å². The van der Waals surface area contributed by atoms with E-state index in [1.165, 1.54) is 15.6 Å². The first kappa shape index (κ1) is 11.3. The van der Waals surface area contributed by atoms with Crippen LogP contribution in [0.15, 0.2) is 39.4 Å². The lowest BCUT2D eigenvalue weighted by Crippen LogP contribution is -1.99. The Kier molecular flexibility index (Phi) is 3.34. The van der Waals surface area contributed by atoms with Gasteiger partial charge >= 0.3 is 0 Å². The summed E-state index contributed by atoms with van der Waals surface area (Å²) in [5.74, 6) is 0.943. The second kappa shape index (κ2) is 4.74. The molecular formula is C13H14BrNO. The van der Waals surface area contributed by atoms with Gasteiger partial charge in [-0.15, -0.1) is 0 Å². The maximum Gasteiger partial charge on any atom is 0.122 e. The molecule has 0 aliphatic heterocycles. The lowest BCUT2D eigenvalue weighted by atomic mass is 10.1. The SMILES string of the molecule is Cc1cc(NCc2ccco2)cc(C)c1Br. The molecule has 0 radical (unpaired) electrons. The van der Waals surface area contributed by atoms with Crippen molar-refractivity contribution in [1.29, 1.82) is 0 Å². The summed E-state index contributed by atoms with van der Waals surface area (Å²) >= 11 is 3.56. The first-order chi connectivity index (χ1) is 7.66. The molecule has 0 atom stereocenters. The zero-order valence-corrected chi connectivity index (χ0v) is 11.0. The van der Waals surface area contributed by atoms with Crippen molar-refractivity contribution in [3.05, 3.63) is 51.9 Å². The summed E-state index contributed by atoms with van der Waals surface area (Å²) in [6.07, 6.45) is 1.69. The average molecular weight is 280 g/mol. The van der Waals surface area contributed by atoms with Crippen LogP contribution in [0.1, 0.15) is 16.9 Å². The largest absolute Gasteiger partial charge is 0.467 e. The van der Waals surface area contributed by atoms with Gasteiger partial charge in [-0.2, -0.15) is 0 Å². The molecule has 2 rings (SSSR count). The van der Waals surface area contributed by atoms with Crippen LogP contribution >= 0.6 is 15.9 Å². The first-order valence-electron chi connectivity index (χ1n) is 5.20. The molecule has 1 heterocycles. The van der Waals surface area contributed by atoms with Crippen molar-refractivity contribution >= 4 is 21.6 Å². The molecule has 1 aromatic heterocycles. The summed E-state index contributed by atoms with van der Waals surface area (Å²) in [5.41, 5.74) is 3.60. The average Bonchev–Trinajstić information content (AvgIpc) is 2.75. The van der Waals surface area contributed by atoms with Gasteiger partial charge in [0.25, 0.3) is 0 Å². The Morgan fingerprint density at radius 1 is 1.25 bits per heavy atom. The lowest BCUT2D eigenvalue weighted by Gasteiger charge is -2.09. The van der Waals surface area contributed by atoms with Gasteiger partial charge in [-0.05, 0) is 49.2 Å². The predicted octanol–water partition coefficient (Wildman–Crippen LogP) is 4.27. The molecule has 0 saturated heterocycles. The van der Waals surface area contributed by atoms with Gasteiger partial charge < -0.3 is 9.73 Å². The predicted molar refractivity (Wildman–Crippen MR) is 69.7 cm³/mol. The van der Waals surface area contributed by atoms with Crippen LogP contribution in [-0.4, -0.2) is 0 Å². The molecule has 1 N–H and O–H groups in total. The smallest absolute Gasteiger partial charge is 0.122 e. The summed E-state index contributed by atoms with van der Waals surface area (Å²) in [6, 6.07) is 8.11. The summed E-state index contributed by atoms with van der Waals surface area (Å²) < 4.78 is 6.44. The van der Waals surface area contributed by atoms with E-state index in [9.17, 15) is 0 Å². The molecule has 0 spiro atoms. The topological polar surface area (TPSA) is 25.2 Å². The molecular weight excluding hydrogens is 266 g/mol. The summed E-state index contributed by atoms with van der Waals surface area (Å²) in [4.78, 5) is 0. The summed E-state index contributed by atoms with van der Waals surface area (Å²) in [6.45, 7) is 4.90. The molecule has 0 unspecified atom stereocenters. The highest BCUT2D eigenvalue weighted by Gasteiger charge is 2.02. The molecule has 84 valence electrons. The van der Waals surface area contributed by atoms with Crippen molar-refractivity contribution in [2.75, 3.05) is 5.32 Å². The van der Waals surface area contributed by atoms with Crippen LogP contribution in [0.2, 0.25) is 0 Å². The van der Waals surface area contributed by atoms with E-state index in [-0.39, 0.29) is 0 Å². The van der Waals surface area contributed by atoms with Crippen molar-refractivity contribution < 1.29 is 4.42 Å². The number of benzene rings is 1. The zero-order chi connectivity index (χ0) is 11.5. The monoisotopic (exact) mass is 279 g/mol. The third kappa shape index (κ3) is 2.47. The fourth-order valence-corrected chi connectivity index (χ4v) is 1.88. The van der Waals surface area contributed by atoms with E-state index in [1.54, 1.807) is 6.26 Å². The minimum Gasteiger partial charge on any atom is -0.467 e. The number of hydrogen-bond donors (Lipinski definition) is 1. The van der Waals surface area contributed by atoms with E-state index in [0.29, 0.717) is 6.54 Å². The van der Waals surface area contributed by atoms with Crippen LogP contribution in [0.4, 0.5) is 5.69 Å². The van der Waals surface area contributed by atoms with Gasteiger partial charge in [0.1, 0.15) is 5.76 Å². The third-order valence-electron chi connectivity index (χ3n) is 2.48. The Hall–Kier alpha value is -1.22. The highest BCUT2D eigenvalue weighted by atomic mass is 79.9. The van der Waals surface area contributed by atoms with E-state index in [1.807, 2.05) is 12.1 Å². The molecule has 0 saturated carbocycles. The van der Waals surface area contributed by atoms with Gasteiger partial charge in [-0.25, -0.2) is 0 Å². The van der Waals surface area contributed by atoms with E-state index < -0.39 is 0 Å². The molecule has 0 amide bonds. The van der Waals surface area contributed by atoms with Gasteiger partial charge in [-0.3, -0.25) is 0 Å². The molecule has 0 bridgehead atoms. The van der Waals surface area contributed by atoms with E-state index >= 15 is 0 Å².